The molecule has 0 bridgehead atoms. The van der Waals surface area contributed by atoms with Gasteiger partial charge in [0.25, 0.3) is 0 Å². The van der Waals surface area contributed by atoms with Gasteiger partial charge in [0.2, 0.25) is 0 Å². The fourth-order valence-electron chi connectivity index (χ4n) is 1.49. The standard InChI is InChI=1S/C12H12BrFN4/c1-7-16-11(15-2)6-12(17-7)18-10-5-8(14)3-4-9(10)13/h3-6H,1-2H3,(H2,15,16,17,18). The molecule has 0 fully saturated rings. The highest BCUT2D eigenvalue weighted by Crippen LogP contribution is 2.26. The Labute approximate surface area is 113 Å². The van der Waals surface area contributed by atoms with Gasteiger partial charge in [-0.1, -0.05) is 0 Å². The van der Waals surface area contributed by atoms with Crippen molar-refractivity contribution in [1.29, 1.82) is 0 Å². The van der Waals surface area contributed by atoms with Gasteiger partial charge in [-0.3, -0.25) is 0 Å². The van der Waals surface area contributed by atoms with Gasteiger partial charge in [0.15, 0.2) is 0 Å². The van der Waals surface area contributed by atoms with E-state index in [0.717, 1.165) is 4.47 Å². The summed E-state index contributed by atoms with van der Waals surface area (Å²) in [6.45, 7) is 1.80. The van der Waals surface area contributed by atoms with E-state index in [2.05, 4.69) is 36.5 Å². The number of hydrogen-bond acceptors (Lipinski definition) is 4. The molecule has 0 amide bonds. The van der Waals surface area contributed by atoms with Gasteiger partial charge >= 0.3 is 0 Å². The second-order valence-electron chi connectivity index (χ2n) is 3.68. The third-order valence-corrected chi connectivity index (χ3v) is 2.98. The zero-order valence-electron chi connectivity index (χ0n) is 9.96. The number of anilines is 3. The van der Waals surface area contributed by atoms with Gasteiger partial charge in [0, 0.05) is 17.6 Å². The number of benzene rings is 1. The molecule has 18 heavy (non-hydrogen) atoms. The van der Waals surface area contributed by atoms with Crippen LogP contribution in [0.2, 0.25) is 0 Å². The molecule has 94 valence electrons. The molecular weight excluding hydrogens is 299 g/mol. The normalized spacial score (nSPS) is 10.2. The van der Waals surface area contributed by atoms with E-state index in [1.807, 2.05) is 0 Å². The van der Waals surface area contributed by atoms with Gasteiger partial charge in [-0.25, -0.2) is 14.4 Å². The molecule has 2 aromatic rings. The topological polar surface area (TPSA) is 49.8 Å². The maximum Gasteiger partial charge on any atom is 0.136 e. The summed E-state index contributed by atoms with van der Waals surface area (Å²) in [4.78, 5) is 8.43. The van der Waals surface area contributed by atoms with Crippen molar-refractivity contribution < 1.29 is 4.39 Å². The van der Waals surface area contributed by atoms with Gasteiger partial charge in [-0.2, -0.15) is 0 Å². The van der Waals surface area contributed by atoms with Crippen LogP contribution in [0, 0.1) is 12.7 Å². The number of halogens is 2. The second-order valence-corrected chi connectivity index (χ2v) is 4.54. The lowest BCUT2D eigenvalue weighted by Gasteiger charge is -2.10. The van der Waals surface area contributed by atoms with E-state index in [4.69, 9.17) is 0 Å². The Hall–Kier alpha value is -1.69. The SMILES string of the molecule is CNc1cc(Nc2cc(F)ccc2Br)nc(C)n1. The highest BCUT2D eigenvalue weighted by molar-refractivity contribution is 9.10. The van der Waals surface area contributed by atoms with E-state index in [1.165, 1.54) is 12.1 Å². The Balaban J connectivity index is 2.33. The van der Waals surface area contributed by atoms with Crippen molar-refractivity contribution in [3.05, 3.63) is 40.4 Å². The number of aryl methyl sites for hydroxylation is 1. The van der Waals surface area contributed by atoms with E-state index in [9.17, 15) is 4.39 Å². The number of rotatable bonds is 3. The molecule has 0 atom stereocenters. The summed E-state index contributed by atoms with van der Waals surface area (Å²) in [6.07, 6.45) is 0. The first-order chi connectivity index (χ1) is 8.58. The molecule has 4 nitrogen and oxygen atoms in total. The molecule has 2 N–H and O–H groups in total. The zero-order chi connectivity index (χ0) is 13.1. The highest BCUT2D eigenvalue weighted by atomic mass is 79.9. The number of nitrogens with zero attached hydrogens (tertiary/aromatic N) is 2. The minimum absolute atomic E-state index is 0.305. The van der Waals surface area contributed by atoms with Crippen LogP contribution in [-0.4, -0.2) is 17.0 Å². The minimum Gasteiger partial charge on any atom is -0.373 e. The molecule has 0 aliphatic rings. The number of nitrogens with one attached hydrogen (secondary N) is 2. The third-order valence-electron chi connectivity index (χ3n) is 2.29. The molecule has 0 spiro atoms. The molecule has 1 aromatic heterocycles. The molecule has 1 heterocycles. The first kappa shape index (κ1) is 12.8. The Morgan fingerprint density at radius 3 is 2.61 bits per heavy atom. The maximum atomic E-state index is 13.2. The molecule has 6 heteroatoms. The van der Waals surface area contributed by atoms with E-state index in [0.29, 0.717) is 23.1 Å². The molecule has 0 saturated carbocycles. The third kappa shape index (κ3) is 2.95. The summed E-state index contributed by atoms with van der Waals surface area (Å²) >= 11 is 3.35. The summed E-state index contributed by atoms with van der Waals surface area (Å²) in [7, 11) is 1.78. The molecule has 0 aliphatic heterocycles. The van der Waals surface area contributed by atoms with Crippen LogP contribution in [0.15, 0.2) is 28.7 Å². The smallest absolute Gasteiger partial charge is 0.136 e. The molecule has 1 aromatic carbocycles. The van der Waals surface area contributed by atoms with E-state index in [1.54, 1.807) is 26.1 Å². The highest BCUT2D eigenvalue weighted by Gasteiger charge is 2.05. The van der Waals surface area contributed by atoms with Crippen molar-refractivity contribution in [2.24, 2.45) is 0 Å². The Kier molecular flexibility index (Phi) is 3.76. The summed E-state index contributed by atoms with van der Waals surface area (Å²) in [5.41, 5.74) is 0.621. The Morgan fingerprint density at radius 2 is 1.89 bits per heavy atom. The monoisotopic (exact) mass is 310 g/mol. The predicted octanol–water partition coefficient (Wildman–Crippen LogP) is 3.47. The maximum absolute atomic E-state index is 13.2. The van der Waals surface area contributed by atoms with Crippen molar-refractivity contribution in [1.82, 2.24) is 9.97 Å². The van der Waals surface area contributed by atoms with Crippen molar-refractivity contribution in [3.8, 4) is 0 Å². The average Bonchev–Trinajstić information content (AvgIpc) is 2.33. The molecule has 0 saturated heterocycles. The largest absolute Gasteiger partial charge is 0.373 e. The van der Waals surface area contributed by atoms with Crippen LogP contribution in [0.4, 0.5) is 21.7 Å². The van der Waals surface area contributed by atoms with Gasteiger partial charge in [0.05, 0.1) is 5.69 Å². The number of hydrogen-bond donors (Lipinski definition) is 2. The van der Waals surface area contributed by atoms with Gasteiger partial charge in [-0.05, 0) is 41.1 Å². The fourth-order valence-corrected chi connectivity index (χ4v) is 1.84. The van der Waals surface area contributed by atoms with Gasteiger partial charge < -0.3 is 10.6 Å². The first-order valence-electron chi connectivity index (χ1n) is 5.34. The lowest BCUT2D eigenvalue weighted by Crippen LogP contribution is -2.01. The lowest BCUT2D eigenvalue weighted by atomic mass is 10.3. The minimum atomic E-state index is -0.305. The zero-order valence-corrected chi connectivity index (χ0v) is 11.5. The van der Waals surface area contributed by atoms with Crippen LogP contribution >= 0.6 is 15.9 Å². The van der Waals surface area contributed by atoms with Crippen LogP contribution < -0.4 is 10.6 Å². The van der Waals surface area contributed by atoms with Crippen LogP contribution in [0.1, 0.15) is 5.82 Å². The van der Waals surface area contributed by atoms with Gasteiger partial charge in [-0.15, -0.1) is 0 Å². The van der Waals surface area contributed by atoms with Crippen LogP contribution in [0.25, 0.3) is 0 Å². The van der Waals surface area contributed by atoms with Crippen molar-refractivity contribution in [2.45, 2.75) is 6.92 Å². The van der Waals surface area contributed by atoms with Crippen LogP contribution in [0.3, 0.4) is 0 Å². The summed E-state index contributed by atoms with van der Waals surface area (Å²) in [5, 5.41) is 5.99. The lowest BCUT2D eigenvalue weighted by molar-refractivity contribution is 0.628. The van der Waals surface area contributed by atoms with Crippen LogP contribution in [-0.2, 0) is 0 Å². The van der Waals surface area contributed by atoms with E-state index >= 15 is 0 Å². The summed E-state index contributed by atoms with van der Waals surface area (Å²) in [5.74, 6) is 1.65. The number of aromatic nitrogens is 2. The Bertz CT molecular complexity index is 574. The fraction of sp³-hybridized carbons (Fsp3) is 0.167. The molecular formula is C12H12BrFN4. The summed E-state index contributed by atoms with van der Waals surface area (Å²) < 4.78 is 13.9. The average molecular weight is 311 g/mol. The van der Waals surface area contributed by atoms with Crippen molar-refractivity contribution in [2.75, 3.05) is 17.7 Å². The first-order valence-corrected chi connectivity index (χ1v) is 6.13. The van der Waals surface area contributed by atoms with Crippen LogP contribution in [0.5, 0.6) is 0 Å². The van der Waals surface area contributed by atoms with Crippen molar-refractivity contribution >= 4 is 33.3 Å². The summed E-state index contributed by atoms with van der Waals surface area (Å²) in [6, 6.07) is 6.19. The second kappa shape index (κ2) is 5.30. The molecule has 0 radical (unpaired) electrons. The van der Waals surface area contributed by atoms with Crippen molar-refractivity contribution in [3.63, 3.8) is 0 Å². The van der Waals surface area contributed by atoms with E-state index < -0.39 is 0 Å². The Morgan fingerprint density at radius 1 is 1.17 bits per heavy atom. The predicted molar refractivity (Wildman–Crippen MR) is 73.7 cm³/mol. The molecule has 0 unspecified atom stereocenters. The van der Waals surface area contributed by atoms with E-state index in [-0.39, 0.29) is 5.82 Å². The molecule has 0 aliphatic carbocycles. The quantitative estimate of drug-likeness (QED) is 0.911. The van der Waals surface area contributed by atoms with Gasteiger partial charge in [0.1, 0.15) is 23.3 Å². The molecule has 2 rings (SSSR count).